The van der Waals surface area contributed by atoms with Crippen LogP contribution in [0, 0.1) is 20.2 Å². The van der Waals surface area contributed by atoms with Gasteiger partial charge in [-0.15, -0.1) is 0 Å². The molecule has 162 valence electrons. The third-order valence-corrected chi connectivity index (χ3v) is 4.44. The monoisotopic (exact) mass is 445 g/mol. The maximum Gasteiger partial charge on any atom is 0.277 e. The van der Waals surface area contributed by atoms with Crippen LogP contribution in [0.25, 0.3) is 0 Å². The molecule has 2 rings (SSSR count). The largest absolute Gasteiger partial charge is 0.339 e. The molecule has 2 amide bonds. The van der Waals surface area contributed by atoms with Gasteiger partial charge in [-0.3, -0.25) is 35.1 Å². The van der Waals surface area contributed by atoms with Gasteiger partial charge in [0.15, 0.2) is 5.11 Å². The van der Waals surface area contributed by atoms with E-state index in [1.54, 1.807) is 29.2 Å². The molecule has 11 nitrogen and oxygen atoms in total. The highest BCUT2D eigenvalue weighted by molar-refractivity contribution is 7.80. The average molecular weight is 445 g/mol. The molecule has 0 radical (unpaired) electrons. The summed E-state index contributed by atoms with van der Waals surface area (Å²) in [6, 6.07) is 9.07. The molecule has 0 bridgehead atoms. The first kappa shape index (κ1) is 23.3. The van der Waals surface area contributed by atoms with Crippen molar-refractivity contribution in [2.24, 2.45) is 0 Å². The number of nitrogens with one attached hydrogen (secondary N) is 2. The minimum absolute atomic E-state index is 0.147. The van der Waals surface area contributed by atoms with E-state index in [0.29, 0.717) is 24.3 Å². The van der Waals surface area contributed by atoms with E-state index in [1.165, 1.54) is 0 Å². The molecule has 2 aromatic rings. The number of nitro benzene ring substituents is 2. The summed E-state index contributed by atoms with van der Waals surface area (Å²) in [7, 11) is 0. The van der Waals surface area contributed by atoms with Crippen molar-refractivity contribution in [3.63, 3.8) is 0 Å². The van der Waals surface area contributed by atoms with Crippen LogP contribution in [0.1, 0.15) is 34.6 Å². The van der Waals surface area contributed by atoms with E-state index in [9.17, 15) is 29.8 Å². The molecule has 0 fully saturated rings. The number of nitrogens with zero attached hydrogens (tertiary/aromatic N) is 3. The fourth-order valence-corrected chi connectivity index (χ4v) is 2.91. The SMILES string of the molecule is CCN(CC)C(=O)c1cccc(NC(=S)NC(=O)c2cc([N+](=O)[O-])cc([N+](=O)[O-])c2)c1. The van der Waals surface area contributed by atoms with Crippen LogP contribution in [0.15, 0.2) is 42.5 Å². The number of benzene rings is 2. The van der Waals surface area contributed by atoms with Crippen molar-refractivity contribution in [1.29, 1.82) is 0 Å². The van der Waals surface area contributed by atoms with Crippen LogP contribution in [0.2, 0.25) is 0 Å². The lowest BCUT2D eigenvalue weighted by atomic mass is 10.1. The Morgan fingerprint density at radius 1 is 0.968 bits per heavy atom. The lowest BCUT2D eigenvalue weighted by Crippen LogP contribution is -2.34. The molecule has 2 N–H and O–H groups in total. The van der Waals surface area contributed by atoms with Crippen LogP contribution in [-0.2, 0) is 0 Å². The van der Waals surface area contributed by atoms with Crippen LogP contribution in [0.5, 0.6) is 0 Å². The van der Waals surface area contributed by atoms with E-state index in [2.05, 4.69) is 10.6 Å². The second-order valence-corrected chi connectivity index (χ2v) is 6.63. The van der Waals surface area contributed by atoms with Gasteiger partial charge < -0.3 is 10.2 Å². The number of carbonyl (C=O) groups is 2. The van der Waals surface area contributed by atoms with E-state index in [4.69, 9.17) is 12.2 Å². The Morgan fingerprint density at radius 2 is 1.55 bits per heavy atom. The number of nitro groups is 2. The molecule has 0 spiro atoms. The summed E-state index contributed by atoms with van der Waals surface area (Å²) in [5.74, 6) is -1.02. The summed E-state index contributed by atoms with van der Waals surface area (Å²) in [6.07, 6.45) is 0. The van der Waals surface area contributed by atoms with E-state index >= 15 is 0 Å². The molecular weight excluding hydrogens is 426 g/mol. The van der Waals surface area contributed by atoms with E-state index in [-0.39, 0.29) is 16.6 Å². The number of hydrogen-bond acceptors (Lipinski definition) is 7. The standard InChI is InChI=1S/C19H19N5O6S/c1-3-22(4-2)18(26)12-6-5-7-14(8-12)20-19(31)21-17(25)13-9-15(23(27)28)11-16(10-13)24(29)30/h5-11H,3-4H2,1-2H3,(H2,20,21,25,31). The summed E-state index contributed by atoms with van der Waals surface area (Å²) in [6.45, 7) is 4.84. The van der Waals surface area contributed by atoms with Gasteiger partial charge in [0.2, 0.25) is 0 Å². The molecule has 0 unspecified atom stereocenters. The number of anilines is 1. The van der Waals surface area contributed by atoms with Crippen molar-refractivity contribution in [3.8, 4) is 0 Å². The summed E-state index contributed by atoms with van der Waals surface area (Å²) in [5.41, 5.74) is -0.623. The van der Waals surface area contributed by atoms with Gasteiger partial charge in [0, 0.05) is 36.5 Å². The van der Waals surface area contributed by atoms with Crippen LogP contribution in [0.4, 0.5) is 17.1 Å². The van der Waals surface area contributed by atoms with Gasteiger partial charge in [-0.25, -0.2) is 0 Å². The normalized spacial score (nSPS) is 10.1. The zero-order valence-electron chi connectivity index (χ0n) is 16.7. The van der Waals surface area contributed by atoms with Crippen LogP contribution in [-0.4, -0.2) is 44.8 Å². The van der Waals surface area contributed by atoms with Gasteiger partial charge in [-0.1, -0.05) is 6.07 Å². The number of non-ortho nitro benzene ring substituents is 2. The number of hydrogen-bond donors (Lipinski definition) is 2. The quantitative estimate of drug-likeness (QED) is 0.375. The minimum Gasteiger partial charge on any atom is -0.339 e. The average Bonchev–Trinajstić information content (AvgIpc) is 2.74. The van der Waals surface area contributed by atoms with Crippen molar-refractivity contribution < 1.29 is 19.4 Å². The first-order valence-corrected chi connectivity index (χ1v) is 9.52. The zero-order chi connectivity index (χ0) is 23.1. The maximum absolute atomic E-state index is 12.5. The summed E-state index contributed by atoms with van der Waals surface area (Å²) in [4.78, 5) is 46.8. The van der Waals surface area contributed by atoms with Crippen molar-refractivity contribution in [3.05, 3.63) is 73.8 Å². The Bertz CT molecular complexity index is 1020. The van der Waals surface area contributed by atoms with Crippen LogP contribution >= 0.6 is 12.2 Å². The summed E-state index contributed by atoms with van der Waals surface area (Å²) in [5, 5.41) is 26.9. The lowest BCUT2D eigenvalue weighted by Gasteiger charge is -2.19. The Hall–Kier alpha value is -3.93. The summed E-state index contributed by atoms with van der Waals surface area (Å²) < 4.78 is 0. The second-order valence-electron chi connectivity index (χ2n) is 6.22. The molecule has 0 aliphatic rings. The zero-order valence-corrected chi connectivity index (χ0v) is 17.5. The predicted octanol–water partition coefficient (Wildman–Crippen LogP) is 3.11. The number of rotatable bonds is 7. The minimum atomic E-state index is -0.861. The molecule has 0 aliphatic carbocycles. The van der Waals surface area contributed by atoms with Crippen molar-refractivity contribution in [2.75, 3.05) is 18.4 Å². The first-order chi connectivity index (χ1) is 14.7. The van der Waals surface area contributed by atoms with E-state index in [0.717, 1.165) is 18.2 Å². The van der Waals surface area contributed by atoms with Gasteiger partial charge in [0.05, 0.1) is 21.5 Å². The molecule has 31 heavy (non-hydrogen) atoms. The topological polar surface area (TPSA) is 148 Å². The van der Waals surface area contributed by atoms with Crippen molar-refractivity contribution in [2.45, 2.75) is 13.8 Å². The van der Waals surface area contributed by atoms with Crippen molar-refractivity contribution >= 4 is 46.2 Å². The third-order valence-electron chi connectivity index (χ3n) is 4.23. The van der Waals surface area contributed by atoms with Crippen LogP contribution < -0.4 is 10.6 Å². The molecule has 0 saturated carbocycles. The Labute approximate surface area is 182 Å². The predicted molar refractivity (Wildman–Crippen MR) is 117 cm³/mol. The van der Waals surface area contributed by atoms with E-state index < -0.39 is 27.1 Å². The smallest absolute Gasteiger partial charge is 0.277 e. The van der Waals surface area contributed by atoms with Crippen LogP contribution in [0.3, 0.4) is 0 Å². The van der Waals surface area contributed by atoms with E-state index in [1.807, 2.05) is 13.8 Å². The highest BCUT2D eigenvalue weighted by atomic mass is 32.1. The Morgan fingerprint density at radius 3 is 2.06 bits per heavy atom. The fraction of sp³-hybridized carbons (Fsp3) is 0.211. The first-order valence-electron chi connectivity index (χ1n) is 9.11. The lowest BCUT2D eigenvalue weighted by molar-refractivity contribution is -0.394. The van der Waals surface area contributed by atoms with Gasteiger partial charge in [-0.05, 0) is 44.3 Å². The molecule has 12 heteroatoms. The van der Waals surface area contributed by atoms with Gasteiger partial charge >= 0.3 is 0 Å². The number of thiocarbonyl (C=S) groups is 1. The third kappa shape index (κ3) is 6.02. The maximum atomic E-state index is 12.5. The van der Waals surface area contributed by atoms with Crippen molar-refractivity contribution in [1.82, 2.24) is 10.2 Å². The molecule has 2 aromatic carbocycles. The van der Waals surface area contributed by atoms with Gasteiger partial charge in [0.1, 0.15) is 0 Å². The van der Waals surface area contributed by atoms with Gasteiger partial charge in [-0.2, -0.15) is 0 Å². The highest BCUT2D eigenvalue weighted by Gasteiger charge is 2.20. The van der Waals surface area contributed by atoms with Gasteiger partial charge in [0.25, 0.3) is 23.2 Å². The molecule has 0 aromatic heterocycles. The number of carbonyl (C=O) groups excluding carboxylic acids is 2. The second kappa shape index (κ2) is 10.2. The molecule has 0 heterocycles. The highest BCUT2D eigenvalue weighted by Crippen LogP contribution is 2.22. The fourth-order valence-electron chi connectivity index (χ4n) is 2.70. The molecule has 0 atom stereocenters. The molecule has 0 aliphatic heterocycles. The molecule has 0 saturated heterocycles. The Balaban J connectivity index is 2.16. The number of amides is 2. The summed E-state index contributed by atoms with van der Waals surface area (Å²) >= 11 is 5.08. The molecular formula is C19H19N5O6S. The Kier molecular flexibility index (Phi) is 7.69.